The van der Waals surface area contributed by atoms with Gasteiger partial charge < -0.3 is 0 Å². The molecule has 0 spiro atoms. The van der Waals surface area contributed by atoms with Gasteiger partial charge >= 0.3 is 0 Å². The molecule has 0 bridgehead atoms. The zero-order valence-electron chi connectivity index (χ0n) is 9.28. The van der Waals surface area contributed by atoms with Crippen molar-refractivity contribution >= 4 is 5.78 Å². The van der Waals surface area contributed by atoms with E-state index in [9.17, 15) is 4.79 Å². The first kappa shape index (κ1) is 10.4. The van der Waals surface area contributed by atoms with Crippen LogP contribution in [0.5, 0.6) is 0 Å². The highest BCUT2D eigenvalue weighted by atomic mass is 16.1. The molecule has 0 amide bonds. The third-order valence-corrected chi connectivity index (χ3v) is 3.21. The Morgan fingerprint density at radius 2 is 2.07 bits per heavy atom. The summed E-state index contributed by atoms with van der Waals surface area (Å²) in [7, 11) is 0. The summed E-state index contributed by atoms with van der Waals surface area (Å²) in [5.41, 5.74) is 1.34. The summed E-state index contributed by atoms with van der Waals surface area (Å²) in [6.45, 7) is 2.13. The van der Waals surface area contributed by atoms with Crippen LogP contribution in [0.1, 0.15) is 44.1 Å². The molecule has 1 aliphatic carbocycles. The minimum Gasteiger partial charge on any atom is -0.299 e. The SMILES string of the molecule is CCCCC(=O)C1CC1c1ccccc1. The lowest BCUT2D eigenvalue weighted by Crippen LogP contribution is -2.01. The van der Waals surface area contributed by atoms with Crippen molar-refractivity contribution in [2.75, 3.05) is 0 Å². The normalized spacial score (nSPS) is 23.8. The highest BCUT2D eigenvalue weighted by Crippen LogP contribution is 2.48. The molecule has 0 N–H and O–H groups in total. The second-order valence-corrected chi connectivity index (χ2v) is 4.43. The van der Waals surface area contributed by atoms with Gasteiger partial charge in [-0.1, -0.05) is 43.7 Å². The van der Waals surface area contributed by atoms with E-state index in [0.717, 1.165) is 25.7 Å². The molecule has 0 radical (unpaired) electrons. The molecule has 2 atom stereocenters. The van der Waals surface area contributed by atoms with Crippen LogP contribution in [0.15, 0.2) is 30.3 Å². The van der Waals surface area contributed by atoms with Gasteiger partial charge in [0.1, 0.15) is 5.78 Å². The van der Waals surface area contributed by atoms with Crippen LogP contribution in [-0.2, 0) is 4.79 Å². The van der Waals surface area contributed by atoms with E-state index < -0.39 is 0 Å². The zero-order chi connectivity index (χ0) is 10.7. The number of ketones is 1. The third kappa shape index (κ3) is 2.47. The molecule has 1 nitrogen and oxygen atoms in total. The number of Topliss-reactive ketones (excluding diaryl/α,β-unsaturated/α-hetero) is 1. The Morgan fingerprint density at radius 3 is 2.73 bits per heavy atom. The number of carbonyl (C=O) groups excluding carboxylic acids is 1. The highest BCUT2D eigenvalue weighted by molar-refractivity contribution is 5.84. The highest BCUT2D eigenvalue weighted by Gasteiger charge is 2.42. The molecule has 1 aliphatic rings. The summed E-state index contributed by atoms with van der Waals surface area (Å²) >= 11 is 0. The Kier molecular flexibility index (Phi) is 3.20. The number of hydrogen-bond donors (Lipinski definition) is 0. The van der Waals surface area contributed by atoms with Gasteiger partial charge in [0, 0.05) is 12.3 Å². The molecular weight excluding hydrogens is 184 g/mol. The molecule has 2 rings (SSSR count). The number of rotatable bonds is 5. The minimum absolute atomic E-state index is 0.332. The Morgan fingerprint density at radius 1 is 1.33 bits per heavy atom. The first-order chi connectivity index (χ1) is 7.33. The summed E-state index contributed by atoms with van der Waals surface area (Å²) in [5.74, 6) is 1.33. The summed E-state index contributed by atoms with van der Waals surface area (Å²) in [5, 5.41) is 0. The van der Waals surface area contributed by atoms with Crippen molar-refractivity contribution in [1.29, 1.82) is 0 Å². The van der Waals surface area contributed by atoms with Crippen LogP contribution in [0, 0.1) is 5.92 Å². The van der Waals surface area contributed by atoms with Gasteiger partial charge in [-0.3, -0.25) is 4.79 Å². The lowest BCUT2D eigenvalue weighted by Gasteiger charge is -1.99. The van der Waals surface area contributed by atoms with Gasteiger partial charge in [-0.05, 0) is 24.3 Å². The second kappa shape index (κ2) is 4.61. The van der Waals surface area contributed by atoms with E-state index in [0.29, 0.717) is 17.6 Å². The predicted molar refractivity (Wildman–Crippen MR) is 61.8 cm³/mol. The fraction of sp³-hybridized carbons (Fsp3) is 0.500. The van der Waals surface area contributed by atoms with Crippen LogP contribution < -0.4 is 0 Å². The molecule has 15 heavy (non-hydrogen) atoms. The van der Waals surface area contributed by atoms with Crippen LogP contribution in [0.2, 0.25) is 0 Å². The smallest absolute Gasteiger partial charge is 0.136 e. The fourth-order valence-electron chi connectivity index (χ4n) is 2.16. The maximum Gasteiger partial charge on any atom is 0.136 e. The van der Waals surface area contributed by atoms with Crippen molar-refractivity contribution in [1.82, 2.24) is 0 Å². The van der Waals surface area contributed by atoms with E-state index in [1.807, 2.05) is 6.07 Å². The average molecular weight is 202 g/mol. The van der Waals surface area contributed by atoms with Crippen LogP contribution in [-0.4, -0.2) is 5.78 Å². The van der Waals surface area contributed by atoms with Crippen molar-refractivity contribution in [3.05, 3.63) is 35.9 Å². The lowest BCUT2D eigenvalue weighted by molar-refractivity contribution is -0.120. The molecule has 0 aliphatic heterocycles. The van der Waals surface area contributed by atoms with Gasteiger partial charge in [-0.2, -0.15) is 0 Å². The number of unbranched alkanes of at least 4 members (excludes halogenated alkanes) is 1. The van der Waals surface area contributed by atoms with Crippen LogP contribution >= 0.6 is 0 Å². The zero-order valence-corrected chi connectivity index (χ0v) is 9.28. The maximum absolute atomic E-state index is 11.7. The monoisotopic (exact) mass is 202 g/mol. The van der Waals surface area contributed by atoms with Crippen molar-refractivity contribution in [2.45, 2.75) is 38.5 Å². The summed E-state index contributed by atoms with van der Waals surface area (Å²) in [6.07, 6.45) is 4.03. The predicted octanol–water partition coefficient (Wildman–Crippen LogP) is 3.55. The standard InChI is InChI=1S/C14H18O/c1-2-3-9-14(15)13-10-12(13)11-7-5-4-6-8-11/h4-8,12-13H,2-3,9-10H2,1H3. The van der Waals surface area contributed by atoms with E-state index in [1.54, 1.807) is 0 Å². The average Bonchev–Trinajstić information content (AvgIpc) is 3.07. The lowest BCUT2D eigenvalue weighted by atomic mass is 10.0. The van der Waals surface area contributed by atoms with Gasteiger partial charge in [0.25, 0.3) is 0 Å². The van der Waals surface area contributed by atoms with Crippen LogP contribution in [0.4, 0.5) is 0 Å². The molecule has 1 saturated carbocycles. The van der Waals surface area contributed by atoms with Gasteiger partial charge in [0.15, 0.2) is 0 Å². The fourth-order valence-corrected chi connectivity index (χ4v) is 2.16. The van der Waals surface area contributed by atoms with Crippen LogP contribution in [0.25, 0.3) is 0 Å². The Bertz CT molecular complexity index is 328. The van der Waals surface area contributed by atoms with E-state index in [2.05, 4.69) is 31.2 Å². The van der Waals surface area contributed by atoms with Crippen molar-refractivity contribution < 1.29 is 4.79 Å². The Hall–Kier alpha value is -1.11. The first-order valence-electron chi connectivity index (χ1n) is 5.90. The molecule has 0 aromatic heterocycles. The number of hydrogen-bond acceptors (Lipinski definition) is 1. The van der Waals surface area contributed by atoms with E-state index in [-0.39, 0.29) is 0 Å². The number of carbonyl (C=O) groups is 1. The van der Waals surface area contributed by atoms with Crippen LogP contribution in [0.3, 0.4) is 0 Å². The molecular formula is C14H18O. The third-order valence-electron chi connectivity index (χ3n) is 3.21. The van der Waals surface area contributed by atoms with Gasteiger partial charge in [0.05, 0.1) is 0 Å². The maximum atomic E-state index is 11.7. The molecule has 1 aromatic carbocycles. The van der Waals surface area contributed by atoms with Crippen molar-refractivity contribution in [3.63, 3.8) is 0 Å². The molecule has 0 heterocycles. The van der Waals surface area contributed by atoms with Crippen molar-refractivity contribution in [2.24, 2.45) is 5.92 Å². The molecule has 1 heteroatoms. The molecule has 1 aromatic rings. The summed E-state index contributed by atoms with van der Waals surface area (Å²) < 4.78 is 0. The number of benzene rings is 1. The Labute approximate surface area is 91.5 Å². The van der Waals surface area contributed by atoms with Gasteiger partial charge in [-0.15, -0.1) is 0 Å². The second-order valence-electron chi connectivity index (χ2n) is 4.43. The van der Waals surface area contributed by atoms with E-state index in [1.165, 1.54) is 5.56 Å². The van der Waals surface area contributed by atoms with E-state index >= 15 is 0 Å². The molecule has 1 fully saturated rings. The van der Waals surface area contributed by atoms with Crippen molar-refractivity contribution in [3.8, 4) is 0 Å². The Balaban J connectivity index is 1.88. The molecule has 2 unspecified atom stereocenters. The first-order valence-corrected chi connectivity index (χ1v) is 5.90. The van der Waals surface area contributed by atoms with Gasteiger partial charge in [0.2, 0.25) is 0 Å². The topological polar surface area (TPSA) is 17.1 Å². The summed E-state index contributed by atoms with van der Waals surface area (Å²) in [6, 6.07) is 10.4. The molecule has 80 valence electrons. The van der Waals surface area contributed by atoms with E-state index in [4.69, 9.17) is 0 Å². The van der Waals surface area contributed by atoms with Gasteiger partial charge in [-0.25, -0.2) is 0 Å². The molecule has 0 saturated heterocycles. The summed E-state index contributed by atoms with van der Waals surface area (Å²) in [4.78, 5) is 11.7. The largest absolute Gasteiger partial charge is 0.299 e. The minimum atomic E-state index is 0.332. The quantitative estimate of drug-likeness (QED) is 0.713.